The number of hydrogen-bond donors (Lipinski definition) is 1. The number of aromatic nitrogens is 2. The van der Waals surface area contributed by atoms with Gasteiger partial charge in [-0.1, -0.05) is 20.8 Å². The van der Waals surface area contributed by atoms with Crippen molar-refractivity contribution in [3.05, 3.63) is 41.2 Å². The molecule has 0 spiro atoms. The van der Waals surface area contributed by atoms with Gasteiger partial charge in [0.1, 0.15) is 23.5 Å². The van der Waals surface area contributed by atoms with Crippen molar-refractivity contribution in [2.24, 2.45) is 5.41 Å². The maximum absolute atomic E-state index is 14.6. The van der Waals surface area contributed by atoms with Crippen LogP contribution < -0.4 is 5.32 Å². The second kappa shape index (κ2) is 8.97. The van der Waals surface area contributed by atoms with Gasteiger partial charge in [0.25, 0.3) is 5.91 Å². The number of rotatable bonds is 4. The predicted molar refractivity (Wildman–Crippen MR) is 118 cm³/mol. The lowest BCUT2D eigenvalue weighted by Crippen LogP contribution is -2.53. The molecule has 1 aromatic carbocycles. The number of hydrogen-bond acceptors (Lipinski definition) is 4. The van der Waals surface area contributed by atoms with E-state index in [4.69, 9.17) is 0 Å². The van der Waals surface area contributed by atoms with E-state index in [1.54, 1.807) is 14.1 Å². The molecule has 0 aliphatic carbocycles. The van der Waals surface area contributed by atoms with Crippen LogP contribution in [0.25, 0.3) is 11.4 Å². The van der Waals surface area contributed by atoms with Crippen molar-refractivity contribution in [3.8, 4) is 11.4 Å². The van der Waals surface area contributed by atoms with E-state index < -0.39 is 29.0 Å². The van der Waals surface area contributed by atoms with E-state index in [0.717, 1.165) is 19.0 Å². The van der Waals surface area contributed by atoms with Crippen molar-refractivity contribution in [1.82, 2.24) is 24.7 Å². The molecule has 2 heterocycles. The monoisotopic (exact) mass is 447 g/mol. The molecule has 1 N–H and O–H groups in total. The van der Waals surface area contributed by atoms with Gasteiger partial charge in [0.15, 0.2) is 5.69 Å². The zero-order valence-electron chi connectivity index (χ0n) is 19.5. The molecule has 0 saturated carbocycles. The molecule has 2 amide bonds. The Morgan fingerprint density at radius 2 is 1.88 bits per heavy atom. The minimum atomic E-state index is -0.767. The van der Waals surface area contributed by atoms with Gasteiger partial charge in [0, 0.05) is 33.3 Å². The highest BCUT2D eigenvalue weighted by Gasteiger charge is 2.36. The molecule has 0 unspecified atom stereocenters. The predicted octanol–water partition coefficient (Wildman–Crippen LogP) is 2.90. The second-order valence-electron chi connectivity index (χ2n) is 9.60. The SMILES string of the molecule is CN1CCCn2c(-c3ccc(F)cc3F)nc(C(=O)N[C@H](C(=O)N(C)C)C(C)(C)C)c2C1. The zero-order chi connectivity index (χ0) is 23.8. The number of imidazole rings is 1. The smallest absolute Gasteiger partial charge is 0.272 e. The Morgan fingerprint density at radius 3 is 2.47 bits per heavy atom. The van der Waals surface area contributed by atoms with Gasteiger partial charge < -0.3 is 19.7 Å². The first kappa shape index (κ1) is 23.8. The van der Waals surface area contributed by atoms with E-state index in [1.165, 1.54) is 17.0 Å². The average Bonchev–Trinajstić information content (AvgIpc) is 2.90. The van der Waals surface area contributed by atoms with Crippen molar-refractivity contribution in [2.45, 2.75) is 46.3 Å². The molecule has 0 fully saturated rings. The van der Waals surface area contributed by atoms with Crippen LogP contribution in [0.2, 0.25) is 0 Å². The van der Waals surface area contributed by atoms with Gasteiger partial charge in [0.05, 0.1) is 11.3 Å². The van der Waals surface area contributed by atoms with Crippen LogP contribution in [0.3, 0.4) is 0 Å². The number of nitrogens with one attached hydrogen (secondary N) is 1. The number of carbonyl (C=O) groups excluding carboxylic acids is 2. The summed E-state index contributed by atoms with van der Waals surface area (Å²) in [6.45, 7) is 7.42. The third-order valence-electron chi connectivity index (χ3n) is 5.63. The topological polar surface area (TPSA) is 70.5 Å². The summed E-state index contributed by atoms with van der Waals surface area (Å²) in [6, 6.07) is 2.56. The Morgan fingerprint density at radius 1 is 1.19 bits per heavy atom. The number of nitrogens with zero attached hydrogens (tertiary/aromatic N) is 4. The van der Waals surface area contributed by atoms with Crippen LogP contribution in [0.15, 0.2) is 18.2 Å². The minimum Gasteiger partial charge on any atom is -0.347 e. The Labute approximate surface area is 187 Å². The molecule has 3 rings (SSSR count). The van der Waals surface area contributed by atoms with Crippen molar-refractivity contribution in [2.75, 3.05) is 27.7 Å². The van der Waals surface area contributed by atoms with Gasteiger partial charge in [-0.25, -0.2) is 13.8 Å². The molecule has 0 radical (unpaired) electrons. The number of carbonyl (C=O) groups is 2. The Bertz CT molecular complexity index is 1030. The van der Waals surface area contributed by atoms with Crippen LogP contribution in [0.1, 0.15) is 43.4 Å². The van der Waals surface area contributed by atoms with E-state index in [1.807, 2.05) is 32.4 Å². The van der Waals surface area contributed by atoms with Crippen LogP contribution in [-0.4, -0.2) is 64.9 Å². The fourth-order valence-corrected chi connectivity index (χ4v) is 3.89. The summed E-state index contributed by atoms with van der Waals surface area (Å²) >= 11 is 0. The molecule has 174 valence electrons. The van der Waals surface area contributed by atoms with Crippen molar-refractivity contribution < 1.29 is 18.4 Å². The van der Waals surface area contributed by atoms with Crippen LogP contribution in [0.4, 0.5) is 8.78 Å². The molecule has 1 aromatic heterocycles. The molecular weight excluding hydrogens is 416 g/mol. The van der Waals surface area contributed by atoms with Crippen molar-refractivity contribution in [1.29, 1.82) is 0 Å². The van der Waals surface area contributed by atoms with E-state index in [-0.39, 0.29) is 23.0 Å². The number of benzene rings is 1. The lowest BCUT2D eigenvalue weighted by Gasteiger charge is -2.32. The van der Waals surface area contributed by atoms with E-state index in [2.05, 4.69) is 15.2 Å². The maximum Gasteiger partial charge on any atom is 0.272 e. The molecule has 7 nitrogen and oxygen atoms in total. The van der Waals surface area contributed by atoms with E-state index >= 15 is 0 Å². The molecule has 1 atom stereocenters. The van der Waals surface area contributed by atoms with Crippen LogP contribution in [0.5, 0.6) is 0 Å². The Kier molecular flexibility index (Phi) is 6.69. The highest BCUT2D eigenvalue weighted by molar-refractivity contribution is 5.97. The zero-order valence-corrected chi connectivity index (χ0v) is 19.5. The number of likely N-dealkylation sites (N-methyl/N-ethyl adjacent to an activating group) is 1. The molecule has 0 saturated heterocycles. The second-order valence-corrected chi connectivity index (χ2v) is 9.60. The molecule has 32 heavy (non-hydrogen) atoms. The first-order valence-corrected chi connectivity index (χ1v) is 10.7. The number of halogens is 2. The summed E-state index contributed by atoms with van der Waals surface area (Å²) in [5.74, 6) is -1.85. The van der Waals surface area contributed by atoms with Gasteiger partial charge in [-0.2, -0.15) is 0 Å². The third kappa shape index (κ3) is 4.82. The quantitative estimate of drug-likeness (QED) is 0.783. The van der Waals surface area contributed by atoms with Crippen molar-refractivity contribution >= 4 is 11.8 Å². The Balaban J connectivity index is 2.08. The summed E-state index contributed by atoms with van der Waals surface area (Å²) in [5, 5.41) is 2.85. The maximum atomic E-state index is 14.6. The van der Waals surface area contributed by atoms with E-state index in [0.29, 0.717) is 18.8 Å². The van der Waals surface area contributed by atoms with E-state index in [9.17, 15) is 18.4 Å². The first-order valence-electron chi connectivity index (χ1n) is 10.7. The molecule has 2 aromatic rings. The number of fused-ring (bicyclic) bond motifs is 1. The fraction of sp³-hybridized carbons (Fsp3) is 0.522. The van der Waals surface area contributed by atoms with Crippen LogP contribution >= 0.6 is 0 Å². The average molecular weight is 448 g/mol. The Hall–Kier alpha value is -2.81. The van der Waals surface area contributed by atoms with Crippen LogP contribution in [0, 0.1) is 17.0 Å². The van der Waals surface area contributed by atoms with Gasteiger partial charge in [-0.3, -0.25) is 9.59 Å². The molecule has 1 aliphatic heterocycles. The largest absolute Gasteiger partial charge is 0.347 e. The van der Waals surface area contributed by atoms with Gasteiger partial charge >= 0.3 is 0 Å². The lowest BCUT2D eigenvalue weighted by molar-refractivity contribution is -0.133. The fourth-order valence-electron chi connectivity index (χ4n) is 3.89. The minimum absolute atomic E-state index is 0.132. The van der Waals surface area contributed by atoms with Crippen LogP contribution in [-0.2, 0) is 17.9 Å². The van der Waals surface area contributed by atoms with Gasteiger partial charge in [0.2, 0.25) is 5.91 Å². The summed E-state index contributed by atoms with van der Waals surface area (Å²) in [7, 11) is 5.22. The van der Waals surface area contributed by atoms with Crippen molar-refractivity contribution in [3.63, 3.8) is 0 Å². The van der Waals surface area contributed by atoms with Gasteiger partial charge in [-0.05, 0) is 37.6 Å². The number of amides is 2. The third-order valence-corrected chi connectivity index (χ3v) is 5.63. The first-order chi connectivity index (χ1) is 14.9. The lowest BCUT2D eigenvalue weighted by atomic mass is 9.85. The summed E-state index contributed by atoms with van der Waals surface area (Å²) < 4.78 is 29.9. The molecule has 9 heteroatoms. The highest BCUT2D eigenvalue weighted by atomic mass is 19.1. The normalized spacial score (nSPS) is 15.6. The summed E-state index contributed by atoms with van der Waals surface area (Å²) in [4.78, 5) is 34.1. The summed E-state index contributed by atoms with van der Waals surface area (Å²) in [6.07, 6.45) is 0.792. The summed E-state index contributed by atoms with van der Waals surface area (Å²) in [5.41, 5.74) is 0.397. The highest BCUT2D eigenvalue weighted by Crippen LogP contribution is 2.29. The standard InChI is InChI=1S/C23H31F2N5O2/c1-23(2,3)19(22(32)28(4)5)27-21(31)18-17-13-29(6)10-7-11-30(17)20(26-18)15-9-8-14(24)12-16(15)25/h8-9,12,19H,7,10-11,13H2,1-6H3,(H,27,31)/t19-/m1/s1. The molecular formula is C23H31F2N5O2. The molecule has 1 aliphatic rings. The molecule has 0 bridgehead atoms. The van der Waals surface area contributed by atoms with Gasteiger partial charge in [-0.15, -0.1) is 0 Å².